The molecule has 0 spiro atoms. The van der Waals surface area contributed by atoms with Gasteiger partial charge in [-0.3, -0.25) is 14.5 Å². The summed E-state index contributed by atoms with van der Waals surface area (Å²) in [6.45, 7) is 15.3. The van der Waals surface area contributed by atoms with Crippen LogP contribution >= 0.6 is 23.2 Å². The molecule has 8 heteroatoms. The Morgan fingerprint density at radius 3 is 1.73 bits per heavy atom. The predicted octanol–water partition coefficient (Wildman–Crippen LogP) is 7.32. The van der Waals surface area contributed by atoms with Gasteiger partial charge in [-0.2, -0.15) is 0 Å². The lowest BCUT2D eigenvalue weighted by atomic mass is 10.0. The molecule has 0 aliphatic carbocycles. The van der Waals surface area contributed by atoms with E-state index in [1.807, 2.05) is 39.0 Å². The molecule has 0 saturated heterocycles. The molecule has 0 aliphatic heterocycles. The van der Waals surface area contributed by atoms with Crippen LogP contribution in [0.15, 0.2) is 36.4 Å². The van der Waals surface area contributed by atoms with E-state index in [-0.39, 0.29) is 35.8 Å². The predicted molar refractivity (Wildman–Crippen MR) is 169 cm³/mol. The van der Waals surface area contributed by atoms with Crippen molar-refractivity contribution in [3.63, 3.8) is 0 Å². The molecule has 0 radical (unpaired) electrons. The van der Waals surface area contributed by atoms with E-state index >= 15 is 0 Å². The zero-order valence-corrected chi connectivity index (χ0v) is 27.1. The number of hydrogen-bond donors (Lipinski definition) is 0. The summed E-state index contributed by atoms with van der Waals surface area (Å²) < 4.78 is 11.0. The van der Waals surface area contributed by atoms with Crippen molar-refractivity contribution < 1.29 is 19.1 Å². The minimum Gasteiger partial charge on any atom is -0.383 e. The average molecular weight is 596 g/mol. The molecule has 2 unspecified atom stereocenters. The number of carbonyl (C=O) groups is 2. The van der Waals surface area contributed by atoms with Crippen LogP contribution in [0.25, 0.3) is 0 Å². The van der Waals surface area contributed by atoms with Gasteiger partial charge in [0, 0.05) is 13.7 Å². The van der Waals surface area contributed by atoms with Gasteiger partial charge in [0.25, 0.3) is 0 Å². The van der Waals surface area contributed by atoms with E-state index in [9.17, 15) is 9.59 Å². The van der Waals surface area contributed by atoms with Crippen molar-refractivity contribution in [3.05, 3.63) is 58.7 Å². The number of amides is 2. The number of hydrogen-bond acceptors (Lipinski definition) is 4. The molecule has 0 saturated carbocycles. The normalized spacial score (nSPS) is 12.2. The van der Waals surface area contributed by atoms with Crippen LogP contribution in [0, 0.1) is 6.92 Å². The van der Waals surface area contributed by atoms with Crippen LogP contribution in [-0.2, 0) is 38.3 Å². The van der Waals surface area contributed by atoms with Crippen molar-refractivity contribution >= 4 is 46.4 Å². The van der Waals surface area contributed by atoms with Crippen molar-refractivity contribution in [2.45, 2.75) is 86.4 Å². The summed E-state index contributed by atoms with van der Waals surface area (Å²) in [6, 6.07) is 12.2. The van der Waals surface area contributed by atoms with Crippen molar-refractivity contribution in [2.75, 3.05) is 41.9 Å². The monoisotopic (exact) mass is 594 g/mol. The van der Waals surface area contributed by atoms with Gasteiger partial charge < -0.3 is 14.4 Å². The molecular formula is C32H48Cl2N2O4. The van der Waals surface area contributed by atoms with E-state index in [2.05, 4.69) is 45.9 Å². The van der Waals surface area contributed by atoms with Gasteiger partial charge in [-0.05, 0) is 68.7 Å². The summed E-state index contributed by atoms with van der Waals surface area (Å²) in [4.78, 5) is 28.0. The van der Waals surface area contributed by atoms with Gasteiger partial charge in [0.15, 0.2) is 0 Å². The molecule has 2 atom stereocenters. The number of carbonyl (C=O) groups excluding carboxylic acids is 2. The van der Waals surface area contributed by atoms with Crippen LogP contribution in [0.2, 0.25) is 0 Å². The van der Waals surface area contributed by atoms with Crippen molar-refractivity contribution in [3.8, 4) is 0 Å². The Bertz CT molecular complexity index is 1040. The number of para-hydroxylation sites is 2. The second-order valence-corrected chi connectivity index (χ2v) is 10.2. The van der Waals surface area contributed by atoms with Gasteiger partial charge in [0.2, 0.25) is 11.8 Å². The van der Waals surface area contributed by atoms with E-state index in [4.69, 9.17) is 32.7 Å². The first kappa shape index (κ1) is 35.9. The first-order chi connectivity index (χ1) is 19.2. The van der Waals surface area contributed by atoms with E-state index in [1.165, 1.54) is 0 Å². The molecule has 2 aromatic carbocycles. The molecule has 2 aromatic rings. The van der Waals surface area contributed by atoms with Gasteiger partial charge in [0.1, 0.15) is 18.0 Å². The Morgan fingerprint density at radius 1 is 0.800 bits per heavy atom. The number of alkyl halides is 2. The van der Waals surface area contributed by atoms with Crippen molar-refractivity contribution in [2.24, 2.45) is 0 Å². The quantitative estimate of drug-likeness (QED) is 0.170. The third kappa shape index (κ3) is 9.76. The van der Waals surface area contributed by atoms with Crippen molar-refractivity contribution in [1.29, 1.82) is 0 Å². The number of rotatable bonds is 14. The lowest BCUT2D eigenvalue weighted by Gasteiger charge is -2.32. The maximum absolute atomic E-state index is 12.4. The van der Waals surface area contributed by atoms with Gasteiger partial charge >= 0.3 is 0 Å². The highest BCUT2D eigenvalue weighted by atomic mass is 35.5. The number of halogens is 2. The fourth-order valence-electron chi connectivity index (χ4n) is 4.78. The lowest BCUT2D eigenvalue weighted by molar-refractivity contribution is -0.119. The van der Waals surface area contributed by atoms with Gasteiger partial charge in [-0.15, -0.1) is 23.2 Å². The van der Waals surface area contributed by atoms with Gasteiger partial charge in [-0.25, -0.2) is 0 Å². The van der Waals surface area contributed by atoms with Crippen molar-refractivity contribution in [1.82, 2.24) is 0 Å². The Labute approximate surface area is 251 Å². The number of anilines is 2. The number of methoxy groups -OCH3 is 1. The molecule has 40 heavy (non-hydrogen) atoms. The summed E-state index contributed by atoms with van der Waals surface area (Å²) in [5.74, 6) is -0.266. The topological polar surface area (TPSA) is 59.1 Å². The number of ether oxygens (including phenoxy) is 2. The molecule has 0 fully saturated rings. The highest BCUT2D eigenvalue weighted by Crippen LogP contribution is 2.30. The SMILES string of the molecule is CCCOC(C)N(C(=O)CCl)c1c(CC)cccc1CC.CCc1cccc(C)c1N(C(=O)CCl)C(C)COC. The Balaban J connectivity index is 0.000000402. The molecule has 6 nitrogen and oxygen atoms in total. The summed E-state index contributed by atoms with van der Waals surface area (Å²) in [5.41, 5.74) is 6.48. The molecule has 0 aromatic heterocycles. The second kappa shape index (κ2) is 19.1. The largest absolute Gasteiger partial charge is 0.383 e. The summed E-state index contributed by atoms with van der Waals surface area (Å²) in [5, 5.41) is 0. The van der Waals surface area contributed by atoms with Crippen LogP contribution < -0.4 is 9.80 Å². The zero-order valence-electron chi connectivity index (χ0n) is 25.6. The first-order valence-electron chi connectivity index (χ1n) is 14.2. The third-order valence-corrected chi connectivity index (χ3v) is 7.15. The molecule has 0 aliphatic rings. The average Bonchev–Trinajstić information content (AvgIpc) is 2.97. The van der Waals surface area contributed by atoms with Crippen LogP contribution in [0.4, 0.5) is 11.4 Å². The minimum atomic E-state index is -0.311. The molecule has 0 N–H and O–H groups in total. The highest BCUT2D eigenvalue weighted by molar-refractivity contribution is 6.30. The maximum atomic E-state index is 12.4. The van der Waals surface area contributed by atoms with E-state index in [0.29, 0.717) is 13.2 Å². The van der Waals surface area contributed by atoms with Crippen LogP contribution in [0.5, 0.6) is 0 Å². The fourth-order valence-corrected chi connectivity index (χ4v) is 5.04. The standard InChI is InChI=1S/C17H26ClNO2.C15H22ClNO2/c1-5-11-21-13(4)19(16(20)12-18)17-14(6-2)9-8-10-15(17)7-3;1-5-13-8-6-7-11(2)15(13)17(14(18)9-16)12(3)10-19-4/h8-10,13H,5-7,11-12H2,1-4H3;6-8,12H,5,9-10H2,1-4H3. The zero-order chi connectivity index (χ0) is 30.2. The summed E-state index contributed by atoms with van der Waals surface area (Å²) in [6.07, 6.45) is 3.23. The first-order valence-corrected chi connectivity index (χ1v) is 15.3. The summed E-state index contributed by atoms with van der Waals surface area (Å²) in [7, 11) is 1.64. The third-order valence-electron chi connectivity index (χ3n) is 6.69. The van der Waals surface area contributed by atoms with E-state index < -0.39 is 0 Å². The second-order valence-electron chi connectivity index (χ2n) is 9.64. The van der Waals surface area contributed by atoms with E-state index in [0.717, 1.165) is 59.3 Å². The fraction of sp³-hybridized carbons (Fsp3) is 0.562. The van der Waals surface area contributed by atoms with Gasteiger partial charge in [-0.1, -0.05) is 64.1 Å². The minimum absolute atomic E-state index is 0.0223. The molecule has 2 amide bonds. The molecular weight excluding hydrogens is 547 g/mol. The van der Waals surface area contributed by atoms with Gasteiger partial charge in [0.05, 0.1) is 24.0 Å². The summed E-state index contributed by atoms with van der Waals surface area (Å²) >= 11 is 11.6. The van der Waals surface area contributed by atoms with E-state index in [1.54, 1.807) is 16.9 Å². The molecule has 224 valence electrons. The smallest absolute Gasteiger partial charge is 0.244 e. The number of benzene rings is 2. The number of nitrogens with zero attached hydrogens (tertiary/aromatic N) is 2. The number of aryl methyl sites for hydroxylation is 4. The molecule has 2 rings (SSSR count). The lowest BCUT2D eigenvalue weighted by Crippen LogP contribution is -2.43. The van der Waals surface area contributed by atoms with Crippen LogP contribution in [0.3, 0.4) is 0 Å². The Hall–Kier alpha value is -2.12. The van der Waals surface area contributed by atoms with Crippen LogP contribution in [-0.4, -0.2) is 56.2 Å². The molecule has 0 bridgehead atoms. The molecule has 0 heterocycles. The Morgan fingerprint density at radius 2 is 1.27 bits per heavy atom. The van der Waals surface area contributed by atoms with Crippen LogP contribution in [0.1, 0.15) is 70.2 Å². The Kier molecular flexibility index (Phi) is 17.1. The maximum Gasteiger partial charge on any atom is 0.244 e. The highest BCUT2D eigenvalue weighted by Gasteiger charge is 2.26.